The van der Waals surface area contributed by atoms with Crippen molar-refractivity contribution in [2.45, 2.75) is 58.5 Å². The zero-order valence-electron chi connectivity index (χ0n) is 33.4. The number of ether oxygens (including phenoxy) is 8. The number of aliphatic hydroxyl groups excluding tert-OH is 3. The Kier molecular flexibility index (Phi) is 15.9. The number of isocyanates is 1. The molecule has 62 heavy (non-hydrogen) atoms. The molecule has 3 atom stereocenters. The van der Waals surface area contributed by atoms with Crippen LogP contribution in [0.5, 0.6) is 58.3 Å². The Balaban J connectivity index is 1.59. The van der Waals surface area contributed by atoms with Crippen molar-refractivity contribution >= 4 is 29.6 Å². The lowest BCUT2D eigenvalue weighted by atomic mass is 10.1. The fourth-order valence-electron chi connectivity index (χ4n) is 5.01. The van der Waals surface area contributed by atoms with Gasteiger partial charge in [0.25, 0.3) is 18.8 Å². The molecular formula is C37H39N13O12. The van der Waals surface area contributed by atoms with E-state index in [9.17, 15) is 35.9 Å². The largest absolute Gasteiger partial charge is 0.484 e. The molecule has 0 aliphatic carbocycles. The van der Waals surface area contributed by atoms with Crippen LogP contribution < -0.4 is 53.8 Å². The molecule has 0 saturated heterocycles. The summed E-state index contributed by atoms with van der Waals surface area (Å²) in [7, 11) is 0. The van der Waals surface area contributed by atoms with E-state index in [1.807, 2.05) is 13.8 Å². The van der Waals surface area contributed by atoms with Gasteiger partial charge in [0, 0.05) is 43.9 Å². The molecule has 25 nitrogen and oxygen atoms in total. The highest BCUT2D eigenvalue weighted by molar-refractivity contribution is 5.63. The van der Waals surface area contributed by atoms with Crippen molar-refractivity contribution in [1.82, 2.24) is 29.9 Å². The minimum absolute atomic E-state index is 0.00290. The van der Waals surface area contributed by atoms with E-state index in [2.05, 4.69) is 50.8 Å². The van der Waals surface area contributed by atoms with Gasteiger partial charge >= 0.3 is 18.0 Å². The Bertz CT molecular complexity index is 2330. The molecule has 0 radical (unpaired) electrons. The van der Waals surface area contributed by atoms with E-state index in [1.165, 1.54) is 49.1 Å². The highest BCUT2D eigenvalue weighted by Gasteiger charge is 2.24. The number of anilines is 3. The minimum atomic E-state index is -1.29. The van der Waals surface area contributed by atoms with Crippen LogP contribution in [-0.2, 0) is 4.79 Å². The molecule has 0 saturated carbocycles. The molecule has 6 bridgehead atoms. The first-order valence-electron chi connectivity index (χ1n) is 18.6. The second kappa shape index (κ2) is 21.8. The Morgan fingerprint density at radius 3 is 2.06 bits per heavy atom. The van der Waals surface area contributed by atoms with Crippen molar-refractivity contribution in [2.75, 3.05) is 48.8 Å². The molecular weight excluding hydrogens is 818 g/mol. The zero-order chi connectivity index (χ0) is 44.6. The van der Waals surface area contributed by atoms with Crippen LogP contribution in [0.2, 0.25) is 0 Å². The first kappa shape index (κ1) is 45.1. The van der Waals surface area contributed by atoms with Gasteiger partial charge in [-0.2, -0.15) is 19.9 Å². The highest BCUT2D eigenvalue weighted by atomic mass is 16.6. The third-order valence-corrected chi connectivity index (χ3v) is 7.94. The molecule has 6 rings (SSSR count). The van der Waals surface area contributed by atoms with Gasteiger partial charge in [0.2, 0.25) is 35.4 Å². The van der Waals surface area contributed by atoms with Gasteiger partial charge in [-0.25, -0.2) is 4.79 Å². The first-order chi connectivity index (χ1) is 29.9. The lowest BCUT2D eigenvalue weighted by Crippen LogP contribution is -2.28. The van der Waals surface area contributed by atoms with Crippen LogP contribution in [0.3, 0.4) is 0 Å². The fourth-order valence-corrected chi connectivity index (χ4v) is 5.01. The Hall–Kier alpha value is -8.01. The zero-order valence-corrected chi connectivity index (χ0v) is 33.4. The molecule has 0 fully saturated rings. The summed E-state index contributed by atoms with van der Waals surface area (Å²) in [5.74, 6) is -1.77. The fraction of sp³-hybridized carbons (Fsp3) is 0.405. The minimum Gasteiger partial charge on any atom is -0.484 e. The van der Waals surface area contributed by atoms with Gasteiger partial charge in [-0.1, -0.05) is 13.8 Å². The summed E-state index contributed by atoms with van der Waals surface area (Å²) in [6.07, 6.45) is 2.35. The van der Waals surface area contributed by atoms with Crippen LogP contribution in [0.1, 0.15) is 34.1 Å². The molecule has 2 aromatic heterocycles. The van der Waals surface area contributed by atoms with Gasteiger partial charge < -0.3 is 69.2 Å². The summed E-state index contributed by atoms with van der Waals surface area (Å²) >= 11 is 0. The number of aromatic nitrogens is 6. The van der Waals surface area contributed by atoms with E-state index in [0.29, 0.717) is 0 Å². The van der Waals surface area contributed by atoms with Gasteiger partial charge in [-0.15, -0.1) is 30.7 Å². The number of rotatable bonds is 10. The predicted molar refractivity (Wildman–Crippen MR) is 209 cm³/mol. The lowest BCUT2D eigenvalue weighted by Gasteiger charge is -2.18. The van der Waals surface area contributed by atoms with Gasteiger partial charge in [0.05, 0.1) is 24.0 Å². The van der Waals surface area contributed by atoms with Crippen molar-refractivity contribution in [3.63, 3.8) is 0 Å². The summed E-state index contributed by atoms with van der Waals surface area (Å²) < 4.78 is 44.5. The maximum absolute atomic E-state index is 11.3. The molecule has 2 aliphatic heterocycles. The molecule has 2 aliphatic rings. The van der Waals surface area contributed by atoms with Crippen molar-refractivity contribution in [1.29, 1.82) is 15.8 Å². The van der Waals surface area contributed by atoms with Crippen molar-refractivity contribution in [2.24, 2.45) is 10.9 Å². The quantitative estimate of drug-likeness (QED) is 0.0758. The number of hydrogen-bond acceptors (Lipinski definition) is 25. The molecule has 324 valence electrons. The van der Waals surface area contributed by atoms with Gasteiger partial charge in [-0.3, -0.25) is 0 Å². The van der Waals surface area contributed by atoms with Crippen LogP contribution in [0, 0.1) is 40.5 Å². The van der Waals surface area contributed by atoms with Crippen molar-refractivity contribution < 1.29 is 58.0 Å². The second-order valence-electron chi connectivity index (χ2n) is 13.4. The molecule has 0 amide bonds. The highest BCUT2D eigenvalue weighted by Crippen LogP contribution is 2.45. The summed E-state index contributed by atoms with van der Waals surface area (Å²) in [6.45, 7) is 6.20. The Labute approximate surface area is 352 Å². The standard InChI is InChI=1S/C37H39N13O12/c1-19(2)25(54)12-43-34-46-32-41-6-5-22(52)13-55-30-27(58-16-39)9-24(10-28(30)59-17-40)61-36-48-35(60-20(3)4)49-37(50-36)62-29-8-21(44-18-51)7-26(57-15-38)31(29)56-14-23(53)11-42-33(45-32)47-34/h7-10,19-20,22-23,25,52-54H,5-6,11-14H2,1-4H3,(H3,41,42,43,45,46,47). The molecule has 2 aromatic carbocycles. The van der Waals surface area contributed by atoms with Crippen LogP contribution in [0.25, 0.3) is 0 Å². The van der Waals surface area contributed by atoms with Crippen molar-refractivity contribution in [3.8, 4) is 77.0 Å². The number of aliphatic hydroxyl groups is 3. The normalized spacial score (nSPS) is 15.7. The SMILES string of the molecule is CC(C)Oc1nc2nc(n1)Oc1cc(N=C=O)cc(OC#N)c1OCC(O)CNc1nc(nc(NCC(O)C(C)C)n1)NCCC(O)COc1c(OC#N)cc(cc1OC#N)O2. The number of nitrogens with zero attached hydrogens (tertiary/aromatic N) is 10. The number of nitriles is 3. The van der Waals surface area contributed by atoms with Crippen LogP contribution in [0.4, 0.5) is 23.5 Å². The van der Waals surface area contributed by atoms with Crippen molar-refractivity contribution in [3.05, 3.63) is 24.3 Å². The van der Waals surface area contributed by atoms with E-state index >= 15 is 0 Å². The number of fused-ring (bicyclic) bond motifs is 11. The third-order valence-electron chi connectivity index (χ3n) is 7.94. The monoisotopic (exact) mass is 857 g/mol. The summed E-state index contributed by atoms with van der Waals surface area (Å²) in [6, 6.07) is 3.47. The first-order valence-corrected chi connectivity index (χ1v) is 18.6. The van der Waals surface area contributed by atoms with E-state index < -0.39 is 43.0 Å². The van der Waals surface area contributed by atoms with E-state index in [4.69, 9.17) is 37.9 Å². The van der Waals surface area contributed by atoms with Crippen LogP contribution in [0.15, 0.2) is 29.3 Å². The number of carbonyl (C=O) groups excluding carboxylic acids is 1. The van der Waals surface area contributed by atoms with Crippen LogP contribution in [-0.4, -0.2) is 109 Å². The molecule has 4 heterocycles. The van der Waals surface area contributed by atoms with Gasteiger partial charge in [0.1, 0.15) is 25.1 Å². The number of hydrogen-bond donors (Lipinski definition) is 6. The topological polar surface area (TPSA) is 349 Å². The molecule has 0 spiro atoms. The predicted octanol–water partition coefficient (Wildman–Crippen LogP) is 2.81. The molecule has 6 N–H and O–H groups in total. The lowest BCUT2D eigenvalue weighted by molar-refractivity contribution is 0.100. The van der Waals surface area contributed by atoms with Crippen LogP contribution >= 0.6 is 0 Å². The second-order valence-corrected chi connectivity index (χ2v) is 13.4. The Morgan fingerprint density at radius 1 is 0.823 bits per heavy atom. The molecule has 4 aromatic rings. The average Bonchev–Trinajstić information content (AvgIpc) is 3.21. The average molecular weight is 858 g/mol. The van der Waals surface area contributed by atoms with Gasteiger partial charge in [-0.05, 0) is 26.2 Å². The third kappa shape index (κ3) is 13.0. The molecule has 3 unspecified atom stereocenters. The maximum atomic E-state index is 11.3. The maximum Gasteiger partial charge on any atom is 0.331 e. The summed E-state index contributed by atoms with van der Waals surface area (Å²) in [5, 5.41) is 69.4. The van der Waals surface area contributed by atoms with E-state index in [1.54, 1.807) is 13.8 Å². The van der Waals surface area contributed by atoms with E-state index in [0.717, 1.165) is 0 Å². The molecule has 25 heteroatoms. The van der Waals surface area contributed by atoms with E-state index in [-0.39, 0.29) is 108 Å². The number of aliphatic imine (C=N–C) groups is 1. The number of nitrogens with one attached hydrogen (secondary N) is 3. The number of benzene rings is 2. The summed E-state index contributed by atoms with van der Waals surface area (Å²) in [4.78, 5) is 40.4. The van der Waals surface area contributed by atoms with Gasteiger partial charge in [0.15, 0.2) is 23.0 Å². The smallest absolute Gasteiger partial charge is 0.331 e. The summed E-state index contributed by atoms with van der Waals surface area (Å²) in [5.41, 5.74) is -0.0996. The Morgan fingerprint density at radius 2 is 1.44 bits per heavy atom.